The number of carbonyl (C=O) groups is 1. The van der Waals surface area contributed by atoms with Crippen LogP contribution >= 0.6 is 0 Å². The van der Waals surface area contributed by atoms with Gasteiger partial charge >= 0.3 is 5.97 Å². The average Bonchev–Trinajstić information content (AvgIpc) is 2.28. The first-order valence-electron chi connectivity index (χ1n) is 6.08. The summed E-state index contributed by atoms with van der Waals surface area (Å²) < 4.78 is 5.06. The number of allylic oxidation sites excluding steroid dienone is 3. The zero-order valence-electron chi connectivity index (χ0n) is 11.4. The van der Waals surface area contributed by atoms with Crippen molar-refractivity contribution in [2.24, 2.45) is 0 Å². The largest absolute Gasteiger partial charge is 0.459 e. The normalized spacial score (nSPS) is 14.2. The smallest absolute Gasteiger partial charge is 0.303 e. The van der Waals surface area contributed by atoms with E-state index < -0.39 is 0 Å². The van der Waals surface area contributed by atoms with E-state index in [2.05, 4.69) is 25.1 Å². The SMILES string of the molecule is CC(=O)OC(C)/C=C(C)/C=C(\C)c1ccccc1. The molecule has 18 heavy (non-hydrogen) atoms. The van der Waals surface area contributed by atoms with Crippen LogP contribution in [0.4, 0.5) is 0 Å². The zero-order chi connectivity index (χ0) is 13.5. The van der Waals surface area contributed by atoms with Crippen LogP contribution in [0.15, 0.2) is 48.1 Å². The van der Waals surface area contributed by atoms with Crippen molar-refractivity contribution in [3.63, 3.8) is 0 Å². The fraction of sp³-hybridized carbons (Fsp3) is 0.312. The van der Waals surface area contributed by atoms with Crippen LogP contribution in [-0.2, 0) is 9.53 Å². The maximum atomic E-state index is 10.8. The molecule has 0 N–H and O–H groups in total. The third-order valence-corrected chi connectivity index (χ3v) is 2.52. The second-order valence-corrected chi connectivity index (χ2v) is 4.42. The monoisotopic (exact) mass is 244 g/mol. The van der Waals surface area contributed by atoms with E-state index in [1.807, 2.05) is 38.1 Å². The third-order valence-electron chi connectivity index (χ3n) is 2.52. The van der Waals surface area contributed by atoms with Crippen molar-refractivity contribution >= 4 is 11.5 Å². The molecule has 0 saturated heterocycles. The van der Waals surface area contributed by atoms with E-state index in [-0.39, 0.29) is 12.1 Å². The lowest BCUT2D eigenvalue weighted by atomic mass is 10.0. The molecule has 0 saturated carbocycles. The highest BCUT2D eigenvalue weighted by Gasteiger charge is 2.01. The zero-order valence-corrected chi connectivity index (χ0v) is 11.4. The number of benzene rings is 1. The van der Waals surface area contributed by atoms with Gasteiger partial charge in [-0.3, -0.25) is 4.79 Å². The van der Waals surface area contributed by atoms with Crippen molar-refractivity contribution in [2.75, 3.05) is 0 Å². The highest BCUT2D eigenvalue weighted by molar-refractivity contribution is 5.67. The summed E-state index contributed by atoms with van der Waals surface area (Å²) in [4.78, 5) is 10.8. The standard InChI is InChI=1S/C16H20O2/c1-12(11-14(3)18-15(4)17)10-13(2)16-8-6-5-7-9-16/h5-11,14H,1-4H3/b12-11+,13-10+. The van der Waals surface area contributed by atoms with Gasteiger partial charge in [-0.05, 0) is 38.0 Å². The molecule has 0 aliphatic heterocycles. The van der Waals surface area contributed by atoms with Crippen LogP contribution < -0.4 is 0 Å². The van der Waals surface area contributed by atoms with E-state index in [0.29, 0.717) is 0 Å². The van der Waals surface area contributed by atoms with Gasteiger partial charge in [0.1, 0.15) is 6.10 Å². The van der Waals surface area contributed by atoms with Gasteiger partial charge in [0, 0.05) is 6.92 Å². The average molecular weight is 244 g/mol. The van der Waals surface area contributed by atoms with Gasteiger partial charge in [0.15, 0.2) is 0 Å². The van der Waals surface area contributed by atoms with Gasteiger partial charge in [0.2, 0.25) is 0 Å². The maximum absolute atomic E-state index is 10.8. The number of rotatable bonds is 4. The molecule has 0 fully saturated rings. The Morgan fingerprint density at radius 2 is 1.78 bits per heavy atom. The van der Waals surface area contributed by atoms with Crippen LogP contribution in [0.2, 0.25) is 0 Å². The third kappa shape index (κ3) is 5.00. The van der Waals surface area contributed by atoms with Crippen LogP contribution in [0, 0.1) is 0 Å². The number of hydrogen-bond acceptors (Lipinski definition) is 2. The number of hydrogen-bond donors (Lipinski definition) is 0. The van der Waals surface area contributed by atoms with Crippen LogP contribution in [0.5, 0.6) is 0 Å². The lowest BCUT2D eigenvalue weighted by Gasteiger charge is -2.08. The summed E-state index contributed by atoms with van der Waals surface area (Å²) in [6.45, 7) is 7.36. The minimum atomic E-state index is -0.254. The van der Waals surface area contributed by atoms with Gasteiger partial charge in [-0.2, -0.15) is 0 Å². The van der Waals surface area contributed by atoms with Crippen LogP contribution in [0.3, 0.4) is 0 Å². The summed E-state index contributed by atoms with van der Waals surface area (Å²) in [6, 6.07) is 10.2. The van der Waals surface area contributed by atoms with Crippen molar-refractivity contribution in [2.45, 2.75) is 33.8 Å². The van der Waals surface area contributed by atoms with E-state index in [1.54, 1.807) is 0 Å². The summed E-state index contributed by atoms with van der Waals surface area (Å²) in [5, 5.41) is 0. The molecule has 0 aliphatic rings. The fourth-order valence-electron chi connectivity index (χ4n) is 1.84. The number of esters is 1. The molecule has 0 aliphatic carbocycles. The Labute approximate surface area is 109 Å². The molecule has 1 aromatic rings. The number of carbonyl (C=O) groups excluding carboxylic acids is 1. The van der Waals surface area contributed by atoms with E-state index in [1.165, 1.54) is 18.1 Å². The molecule has 2 heteroatoms. The lowest BCUT2D eigenvalue weighted by molar-refractivity contribution is -0.143. The van der Waals surface area contributed by atoms with E-state index >= 15 is 0 Å². The Bertz CT molecular complexity index is 455. The quantitative estimate of drug-likeness (QED) is 0.591. The van der Waals surface area contributed by atoms with Gasteiger partial charge in [-0.25, -0.2) is 0 Å². The van der Waals surface area contributed by atoms with Gasteiger partial charge in [-0.15, -0.1) is 0 Å². The Kier molecular flexibility index (Phi) is 5.37. The topological polar surface area (TPSA) is 26.3 Å². The Balaban J connectivity index is 2.76. The minimum absolute atomic E-state index is 0.192. The molecule has 0 heterocycles. The molecule has 1 unspecified atom stereocenters. The van der Waals surface area contributed by atoms with Gasteiger partial charge < -0.3 is 4.74 Å². The summed E-state index contributed by atoms with van der Waals surface area (Å²) in [5.74, 6) is -0.254. The molecule has 0 amide bonds. The van der Waals surface area contributed by atoms with Gasteiger partial charge in [-0.1, -0.05) is 42.0 Å². The first-order chi connectivity index (χ1) is 8.49. The molecule has 1 rings (SSSR count). The molecule has 0 aromatic heterocycles. The summed E-state index contributed by atoms with van der Waals surface area (Å²) in [7, 11) is 0. The summed E-state index contributed by atoms with van der Waals surface area (Å²) >= 11 is 0. The predicted octanol–water partition coefficient (Wildman–Crippen LogP) is 3.99. The van der Waals surface area contributed by atoms with Crippen molar-refractivity contribution in [1.82, 2.24) is 0 Å². The van der Waals surface area contributed by atoms with Crippen molar-refractivity contribution in [1.29, 1.82) is 0 Å². The van der Waals surface area contributed by atoms with Crippen LogP contribution in [0.25, 0.3) is 5.57 Å². The molecule has 0 radical (unpaired) electrons. The van der Waals surface area contributed by atoms with E-state index in [4.69, 9.17) is 4.74 Å². The van der Waals surface area contributed by atoms with Gasteiger partial charge in [0.05, 0.1) is 0 Å². The molecule has 1 aromatic carbocycles. The highest BCUT2D eigenvalue weighted by Crippen LogP contribution is 2.15. The van der Waals surface area contributed by atoms with Crippen molar-refractivity contribution < 1.29 is 9.53 Å². The fourth-order valence-corrected chi connectivity index (χ4v) is 1.84. The predicted molar refractivity (Wildman–Crippen MR) is 75.1 cm³/mol. The maximum Gasteiger partial charge on any atom is 0.303 e. The molecular weight excluding hydrogens is 224 g/mol. The molecule has 2 nitrogen and oxygen atoms in total. The van der Waals surface area contributed by atoms with Crippen LogP contribution in [-0.4, -0.2) is 12.1 Å². The van der Waals surface area contributed by atoms with E-state index in [9.17, 15) is 4.79 Å². The van der Waals surface area contributed by atoms with Crippen LogP contribution in [0.1, 0.15) is 33.3 Å². The van der Waals surface area contributed by atoms with Crippen molar-refractivity contribution in [3.8, 4) is 0 Å². The lowest BCUT2D eigenvalue weighted by Crippen LogP contribution is -2.09. The van der Waals surface area contributed by atoms with Gasteiger partial charge in [0.25, 0.3) is 0 Å². The first-order valence-corrected chi connectivity index (χ1v) is 6.08. The Morgan fingerprint density at radius 3 is 2.33 bits per heavy atom. The molecule has 0 bridgehead atoms. The first kappa shape index (κ1) is 14.2. The highest BCUT2D eigenvalue weighted by atomic mass is 16.5. The molecular formula is C16H20O2. The summed E-state index contributed by atoms with van der Waals surface area (Å²) in [6.07, 6.45) is 3.84. The van der Waals surface area contributed by atoms with Crippen molar-refractivity contribution in [3.05, 3.63) is 53.6 Å². The Morgan fingerprint density at radius 1 is 1.17 bits per heavy atom. The Hall–Kier alpha value is -1.83. The minimum Gasteiger partial charge on any atom is -0.459 e. The molecule has 96 valence electrons. The molecule has 0 spiro atoms. The van der Waals surface area contributed by atoms with E-state index in [0.717, 1.165) is 5.57 Å². The second kappa shape index (κ2) is 6.80. The second-order valence-electron chi connectivity index (χ2n) is 4.42. The summed E-state index contributed by atoms with van der Waals surface area (Å²) in [5.41, 5.74) is 3.48. The molecule has 1 atom stereocenters. The number of ether oxygens (including phenoxy) is 1.